The summed E-state index contributed by atoms with van der Waals surface area (Å²) in [5.74, 6) is -0.518. The van der Waals surface area contributed by atoms with Crippen molar-refractivity contribution in [2.45, 2.75) is 19.9 Å². The first-order valence-electron chi connectivity index (χ1n) is 5.61. The van der Waals surface area contributed by atoms with Crippen molar-refractivity contribution in [2.75, 3.05) is 11.4 Å². The maximum absolute atomic E-state index is 12.2. The topological polar surface area (TPSA) is 73.2 Å². The van der Waals surface area contributed by atoms with Crippen LogP contribution in [-0.4, -0.2) is 18.4 Å². The highest BCUT2D eigenvalue weighted by Crippen LogP contribution is 2.37. The van der Waals surface area contributed by atoms with E-state index in [0.717, 1.165) is 16.8 Å². The van der Waals surface area contributed by atoms with Crippen LogP contribution in [0.4, 0.5) is 5.69 Å². The van der Waals surface area contributed by atoms with Crippen LogP contribution < -0.4 is 10.2 Å². The highest BCUT2D eigenvalue weighted by molar-refractivity contribution is 6.07. The lowest BCUT2D eigenvalue weighted by Gasteiger charge is -2.15. The van der Waals surface area contributed by atoms with E-state index in [4.69, 9.17) is 5.26 Å². The third-order valence-corrected chi connectivity index (χ3v) is 2.94. The molecule has 1 atom stereocenters. The van der Waals surface area contributed by atoms with E-state index in [2.05, 4.69) is 5.32 Å². The molecule has 1 aliphatic rings. The Hall–Kier alpha value is -2.35. The van der Waals surface area contributed by atoms with Crippen molar-refractivity contribution >= 4 is 17.5 Å². The first-order chi connectivity index (χ1) is 8.56. The second-order valence-corrected chi connectivity index (χ2v) is 4.23. The highest BCUT2D eigenvalue weighted by atomic mass is 16.2. The first-order valence-corrected chi connectivity index (χ1v) is 5.61. The van der Waals surface area contributed by atoms with Gasteiger partial charge in [0, 0.05) is 12.5 Å². The Balaban J connectivity index is 2.51. The molecule has 0 unspecified atom stereocenters. The Labute approximate surface area is 105 Å². The fraction of sp³-hybridized carbons (Fsp3) is 0.308. The molecule has 0 bridgehead atoms. The molecule has 92 valence electrons. The molecule has 0 aliphatic carbocycles. The SMILES string of the molecule is CC(=O)N[C@@H]1C(=O)N(CC#N)c2c(C)cccc21. The van der Waals surface area contributed by atoms with Crippen LogP contribution in [0.1, 0.15) is 24.1 Å². The number of rotatable bonds is 2. The lowest BCUT2D eigenvalue weighted by molar-refractivity contribution is -0.126. The van der Waals surface area contributed by atoms with Gasteiger partial charge in [-0.15, -0.1) is 0 Å². The second kappa shape index (κ2) is 4.49. The molecule has 1 N–H and O–H groups in total. The van der Waals surface area contributed by atoms with E-state index in [1.165, 1.54) is 11.8 Å². The highest BCUT2D eigenvalue weighted by Gasteiger charge is 2.38. The number of fused-ring (bicyclic) bond motifs is 1. The average molecular weight is 243 g/mol. The standard InChI is InChI=1S/C13H13N3O2/c1-8-4-3-5-10-11(15-9(2)17)13(18)16(7-6-14)12(8)10/h3-5,11H,7H2,1-2H3,(H,15,17)/t11-/m0/s1. The van der Waals surface area contributed by atoms with Crippen LogP contribution in [0.15, 0.2) is 18.2 Å². The van der Waals surface area contributed by atoms with E-state index in [0.29, 0.717) is 0 Å². The maximum Gasteiger partial charge on any atom is 0.255 e. The molecule has 18 heavy (non-hydrogen) atoms. The zero-order valence-electron chi connectivity index (χ0n) is 10.2. The number of benzene rings is 1. The average Bonchev–Trinajstić information content (AvgIpc) is 2.56. The maximum atomic E-state index is 12.2. The van der Waals surface area contributed by atoms with Crippen LogP contribution in [0.3, 0.4) is 0 Å². The summed E-state index contributed by atoms with van der Waals surface area (Å²) in [4.78, 5) is 24.8. The third kappa shape index (κ3) is 1.82. The monoisotopic (exact) mass is 243 g/mol. The molecule has 2 rings (SSSR count). The number of hydrogen-bond acceptors (Lipinski definition) is 3. The fourth-order valence-electron chi connectivity index (χ4n) is 2.25. The molecule has 0 fully saturated rings. The van der Waals surface area contributed by atoms with Crippen molar-refractivity contribution in [3.63, 3.8) is 0 Å². The number of hydrogen-bond donors (Lipinski definition) is 1. The normalized spacial score (nSPS) is 17.3. The van der Waals surface area contributed by atoms with Gasteiger partial charge >= 0.3 is 0 Å². The number of nitrogens with zero attached hydrogens (tertiary/aromatic N) is 2. The molecular weight excluding hydrogens is 230 g/mol. The van der Waals surface area contributed by atoms with Crippen LogP contribution in [-0.2, 0) is 9.59 Å². The van der Waals surface area contributed by atoms with Gasteiger partial charge < -0.3 is 5.32 Å². The van der Waals surface area contributed by atoms with Crippen molar-refractivity contribution in [3.05, 3.63) is 29.3 Å². The van der Waals surface area contributed by atoms with Gasteiger partial charge in [0.1, 0.15) is 12.6 Å². The minimum atomic E-state index is -0.675. The zero-order chi connectivity index (χ0) is 13.3. The van der Waals surface area contributed by atoms with Gasteiger partial charge in [0.05, 0.1) is 11.8 Å². The van der Waals surface area contributed by atoms with E-state index in [-0.39, 0.29) is 18.4 Å². The Morgan fingerprint density at radius 1 is 1.56 bits per heavy atom. The van der Waals surface area contributed by atoms with E-state index in [9.17, 15) is 9.59 Å². The van der Waals surface area contributed by atoms with Gasteiger partial charge in [-0.1, -0.05) is 18.2 Å². The summed E-state index contributed by atoms with van der Waals surface area (Å²) in [7, 11) is 0. The molecule has 0 spiro atoms. The minimum absolute atomic E-state index is 0.00717. The summed E-state index contributed by atoms with van der Waals surface area (Å²) in [6, 6.07) is 6.82. The van der Waals surface area contributed by atoms with Gasteiger partial charge in [-0.3, -0.25) is 14.5 Å². The van der Waals surface area contributed by atoms with Crippen molar-refractivity contribution < 1.29 is 9.59 Å². The Kier molecular flexibility index (Phi) is 3.02. The lowest BCUT2D eigenvalue weighted by Crippen LogP contribution is -2.36. The quantitative estimate of drug-likeness (QED) is 0.789. The largest absolute Gasteiger partial charge is 0.341 e. The molecule has 2 amide bonds. The van der Waals surface area contributed by atoms with Gasteiger partial charge in [0.2, 0.25) is 5.91 Å². The molecule has 5 nitrogen and oxygen atoms in total. The Bertz CT molecular complexity index is 560. The molecule has 0 radical (unpaired) electrons. The number of anilines is 1. The summed E-state index contributed by atoms with van der Waals surface area (Å²) in [6.45, 7) is 3.25. The smallest absolute Gasteiger partial charge is 0.255 e. The lowest BCUT2D eigenvalue weighted by atomic mass is 10.1. The van der Waals surface area contributed by atoms with Crippen LogP contribution >= 0.6 is 0 Å². The van der Waals surface area contributed by atoms with E-state index in [1.807, 2.05) is 25.1 Å². The zero-order valence-corrected chi connectivity index (χ0v) is 10.2. The van der Waals surface area contributed by atoms with Gasteiger partial charge in [0.15, 0.2) is 0 Å². The van der Waals surface area contributed by atoms with Crippen LogP contribution in [0.2, 0.25) is 0 Å². The molecular formula is C13H13N3O2. The number of aryl methyl sites for hydroxylation is 1. The van der Waals surface area contributed by atoms with E-state index in [1.54, 1.807) is 6.07 Å². The molecule has 0 saturated heterocycles. The van der Waals surface area contributed by atoms with Crippen molar-refractivity contribution in [1.82, 2.24) is 5.32 Å². The van der Waals surface area contributed by atoms with Crippen molar-refractivity contribution in [1.29, 1.82) is 5.26 Å². The summed E-state index contributed by atoms with van der Waals surface area (Å²) in [5.41, 5.74) is 2.41. The summed E-state index contributed by atoms with van der Waals surface area (Å²) in [6.07, 6.45) is 0. The van der Waals surface area contributed by atoms with Gasteiger partial charge in [-0.25, -0.2) is 0 Å². The number of nitrogens with one attached hydrogen (secondary N) is 1. The number of carbonyl (C=O) groups is 2. The van der Waals surface area contributed by atoms with Gasteiger partial charge in [-0.2, -0.15) is 5.26 Å². The predicted molar refractivity (Wildman–Crippen MR) is 65.7 cm³/mol. The predicted octanol–water partition coefficient (Wildman–Crippen LogP) is 1.04. The Morgan fingerprint density at radius 2 is 2.28 bits per heavy atom. The van der Waals surface area contributed by atoms with Crippen molar-refractivity contribution in [2.24, 2.45) is 0 Å². The van der Waals surface area contributed by atoms with Crippen LogP contribution in [0.5, 0.6) is 0 Å². The molecule has 1 heterocycles. The number of carbonyl (C=O) groups excluding carboxylic acids is 2. The number of para-hydroxylation sites is 1. The first kappa shape index (κ1) is 12.1. The molecule has 1 aromatic carbocycles. The van der Waals surface area contributed by atoms with Crippen LogP contribution in [0.25, 0.3) is 0 Å². The summed E-state index contributed by atoms with van der Waals surface area (Å²) in [5, 5.41) is 11.4. The van der Waals surface area contributed by atoms with Gasteiger partial charge in [-0.05, 0) is 12.5 Å². The van der Waals surface area contributed by atoms with E-state index >= 15 is 0 Å². The number of nitriles is 1. The number of amides is 2. The summed E-state index contributed by atoms with van der Waals surface area (Å²) < 4.78 is 0. The van der Waals surface area contributed by atoms with Crippen LogP contribution in [0, 0.1) is 18.3 Å². The molecule has 0 saturated carbocycles. The molecule has 1 aliphatic heterocycles. The fourth-order valence-corrected chi connectivity index (χ4v) is 2.25. The second-order valence-electron chi connectivity index (χ2n) is 4.23. The van der Waals surface area contributed by atoms with Gasteiger partial charge in [0.25, 0.3) is 5.91 Å². The van der Waals surface area contributed by atoms with Crippen molar-refractivity contribution in [3.8, 4) is 6.07 Å². The molecule has 1 aromatic rings. The third-order valence-electron chi connectivity index (χ3n) is 2.94. The minimum Gasteiger partial charge on any atom is -0.341 e. The summed E-state index contributed by atoms with van der Waals surface area (Å²) >= 11 is 0. The molecule has 0 aromatic heterocycles. The van der Waals surface area contributed by atoms with E-state index < -0.39 is 6.04 Å². The molecule has 5 heteroatoms. The Morgan fingerprint density at radius 3 is 2.89 bits per heavy atom.